The van der Waals surface area contributed by atoms with Crippen molar-refractivity contribution in [1.29, 1.82) is 0 Å². The summed E-state index contributed by atoms with van der Waals surface area (Å²) in [5.41, 5.74) is 0.563. The summed E-state index contributed by atoms with van der Waals surface area (Å²) in [6.07, 6.45) is -3.46. The number of rotatable bonds is 4. The first-order valence-electron chi connectivity index (χ1n) is 4.91. The number of alkyl halides is 3. The number of carbonyl (C=O) groups excluding carboxylic acids is 2. The van der Waals surface area contributed by atoms with Gasteiger partial charge in [0.1, 0.15) is 0 Å². The van der Waals surface area contributed by atoms with Crippen molar-refractivity contribution in [2.24, 2.45) is 0 Å². The normalized spacial score (nSPS) is 10.8. The summed E-state index contributed by atoms with van der Waals surface area (Å²) in [6.45, 7) is -0.646. The number of hydrogen-bond acceptors (Lipinski definition) is 3. The summed E-state index contributed by atoms with van der Waals surface area (Å²) >= 11 is 0. The smallest absolute Gasteiger partial charge is 0.349 e. The Labute approximate surface area is 100 Å². The molecule has 1 rings (SSSR count). The van der Waals surface area contributed by atoms with Crippen LogP contribution in [0.4, 0.5) is 13.2 Å². The molecule has 2 amide bonds. The lowest BCUT2D eigenvalue weighted by atomic mass is 10.3. The van der Waals surface area contributed by atoms with Crippen LogP contribution in [0.25, 0.3) is 0 Å². The second-order valence-corrected chi connectivity index (χ2v) is 3.28. The topological polar surface area (TPSA) is 71.1 Å². The molecule has 0 saturated carbocycles. The molecule has 0 fully saturated rings. The van der Waals surface area contributed by atoms with Gasteiger partial charge in [-0.25, -0.2) is 0 Å². The van der Waals surface area contributed by atoms with Crippen molar-refractivity contribution in [1.82, 2.24) is 15.6 Å². The minimum absolute atomic E-state index is 0.0849. The molecule has 0 aliphatic rings. The Balaban J connectivity index is 2.29. The third kappa shape index (κ3) is 4.81. The third-order valence-corrected chi connectivity index (χ3v) is 1.86. The van der Waals surface area contributed by atoms with E-state index in [0.29, 0.717) is 5.69 Å². The molecule has 0 spiro atoms. The number of hydrogen-bond donors (Lipinski definition) is 2. The number of amides is 2. The molecule has 1 aromatic rings. The summed E-state index contributed by atoms with van der Waals surface area (Å²) in [5, 5.41) is 3.78. The fourth-order valence-corrected chi connectivity index (χ4v) is 1.02. The Hall–Kier alpha value is -2.12. The number of aromatic nitrogens is 1. The molecular formula is C10H10F3N3O2. The molecule has 18 heavy (non-hydrogen) atoms. The number of carbonyl (C=O) groups is 2. The van der Waals surface area contributed by atoms with E-state index >= 15 is 0 Å². The van der Waals surface area contributed by atoms with Crippen LogP contribution in [-0.4, -0.2) is 29.5 Å². The van der Waals surface area contributed by atoms with Gasteiger partial charge in [0.25, 0.3) is 0 Å². The first-order chi connectivity index (χ1) is 8.39. The molecule has 2 N–H and O–H groups in total. The van der Waals surface area contributed by atoms with E-state index in [2.05, 4.69) is 10.3 Å². The molecule has 0 aliphatic heterocycles. The third-order valence-electron chi connectivity index (χ3n) is 1.86. The Kier molecular flexibility index (Phi) is 4.64. The van der Waals surface area contributed by atoms with Gasteiger partial charge in [-0.1, -0.05) is 6.07 Å². The minimum atomic E-state index is -4.98. The number of nitrogens with one attached hydrogen (secondary N) is 2. The van der Waals surface area contributed by atoms with Crippen molar-refractivity contribution in [2.45, 2.75) is 12.7 Å². The molecule has 0 radical (unpaired) electrons. The second-order valence-electron chi connectivity index (χ2n) is 3.28. The van der Waals surface area contributed by atoms with Crippen LogP contribution < -0.4 is 10.6 Å². The summed E-state index contributed by atoms with van der Waals surface area (Å²) in [4.78, 5) is 25.4. The lowest BCUT2D eigenvalue weighted by Gasteiger charge is -2.08. The maximum atomic E-state index is 11.8. The van der Waals surface area contributed by atoms with Crippen molar-refractivity contribution < 1.29 is 22.8 Å². The van der Waals surface area contributed by atoms with E-state index < -0.39 is 24.5 Å². The van der Waals surface area contributed by atoms with Crippen molar-refractivity contribution in [3.63, 3.8) is 0 Å². The average molecular weight is 261 g/mol. The van der Waals surface area contributed by atoms with Crippen LogP contribution in [0.15, 0.2) is 24.4 Å². The summed E-state index contributed by atoms with van der Waals surface area (Å²) in [5.74, 6) is -2.87. The fraction of sp³-hybridized carbons (Fsp3) is 0.300. The highest BCUT2D eigenvalue weighted by atomic mass is 19.4. The second kappa shape index (κ2) is 5.99. The van der Waals surface area contributed by atoms with E-state index in [-0.39, 0.29) is 6.54 Å². The predicted octanol–water partition coefficient (Wildman–Crippen LogP) is 0.376. The Morgan fingerprint density at radius 3 is 2.50 bits per heavy atom. The van der Waals surface area contributed by atoms with Gasteiger partial charge in [-0.3, -0.25) is 14.6 Å². The molecule has 98 valence electrons. The van der Waals surface area contributed by atoms with Gasteiger partial charge in [0.15, 0.2) is 0 Å². The van der Waals surface area contributed by atoms with Crippen LogP contribution in [0.2, 0.25) is 0 Å². The molecule has 0 aliphatic carbocycles. The molecule has 0 bridgehead atoms. The van der Waals surface area contributed by atoms with Gasteiger partial charge in [0, 0.05) is 6.20 Å². The zero-order chi connectivity index (χ0) is 13.6. The lowest BCUT2D eigenvalue weighted by Crippen LogP contribution is -2.42. The van der Waals surface area contributed by atoms with E-state index in [9.17, 15) is 22.8 Å². The maximum Gasteiger partial charge on any atom is 0.471 e. The Morgan fingerprint density at radius 1 is 1.22 bits per heavy atom. The van der Waals surface area contributed by atoms with Crippen LogP contribution in [0.5, 0.6) is 0 Å². The highest BCUT2D eigenvalue weighted by Crippen LogP contribution is 2.13. The molecular weight excluding hydrogens is 251 g/mol. The van der Waals surface area contributed by atoms with Gasteiger partial charge < -0.3 is 10.6 Å². The van der Waals surface area contributed by atoms with Crippen LogP contribution in [0.3, 0.4) is 0 Å². The SMILES string of the molecule is O=C(CNC(=O)C(F)(F)F)NCc1ccccn1. The fourth-order valence-electron chi connectivity index (χ4n) is 1.02. The van der Waals surface area contributed by atoms with Crippen molar-refractivity contribution >= 4 is 11.8 Å². The van der Waals surface area contributed by atoms with E-state index in [1.54, 1.807) is 18.2 Å². The first-order valence-corrected chi connectivity index (χ1v) is 4.91. The first kappa shape index (κ1) is 13.9. The zero-order valence-corrected chi connectivity index (χ0v) is 9.12. The summed E-state index contributed by atoms with van der Waals surface area (Å²) in [7, 11) is 0. The summed E-state index contributed by atoms with van der Waals surface area (Å²) < 4.78 is 35.4. The van der Waals surface area contributed by atoms with E-state index in [1.807, 2.05) is 0 Å². The van der Waals surface area contributed by atoms with Gasteiger partial charge in [0.05, 0.1) is 18.8 Å². The molecule has 0 unspecified atom stereocenters. The summed E-state index contributed by atoms with van der Waals surface area (Å²) in [6, 6.07) is 5.05. The van der Waals surface area contributed by atoms with Gasteiger partial charge >= 0.3 is 12.1 Å². The molecule has 1 aromatic heterocycles. The van der Waals surface area contributed by atoms with Crippen LogP contribution >= 0.6 is 0 Å². The number of pyridine rings is 1. The molecule has 0 atom stereocenters. The highest BCUT2D eigenvalue weighted by Gasteiger charge is 2.38. The van der Waals surface area contributed by atoms with Gasteiger partial charge in [-0.05, 0) is 12.1 Å². The zero-order valence-electron chi connectivity index (χ0n) is 9.12. The monoisotopic (exact) mass is 261 g/mol. The largest absolute Gasteiger partial charge is 0.471 e. The average Bonchev–Trinajstić information content (AvgIpc) is 2.33. The van der Waals surface area contributed by atoms with Crippen molar-refractivity contribution in [3.8, 4) is 0 Å². The standard InChI is InChI=1S/C10H10F3N3O2/c11-10(12,13)9(18)16-6-8(17)15-5-7-3-1-2-4-14-7/h1-4H,5-6H2,(H,15,17)(H,16,18). The maximum absolute atomic E-state index is 11.8. The molecule has 5 nitrogen and oxygen atoms in total. The lowest BCUT2D eigenvalue weighted by molar-refractivity contribution is -0.173. The predicted molar refractivity (Wildman–Crippen MR) is 55.1 cm³/mol. The molecule has 1 heterocycles. The van der Waals surface area contributed by atoms with Gasteiger partial charge in [-0.2, -0.15) is 13.2 Å². The quantitative estimate of drug-likeness (QED) is 0.823. The minimum Gasteiger partial charge on any atom is -0.349 e. The van der Waals surface area contributed by atoms with Crippen molar-refractivity contribution in [3.05, 3.63) is 30.1 Å². The van der Waals surface area contributed by atoms with Gasteiger partial charge in [-0.15, -0.1) is 0 Å². The Bertz CT molecular complexity index is 420. The number of halogens is 3. The van der Waals surface area contributed by atoms with Crippen molar-refractivity contribution in [2.75, 3.05) is 6.54 Å². The van der Waals surface area contributed by atoms with E-state index in [1.165, 1.54) is 11.5 Å². The van der Waals surface area contributed by atoms with Crippen LogP contribution in [0, 0.1) is 0 Å². The Morgan fingerprint density at radius 2 is 1.94 bits per heavy atom. The van der Waals surface area contributed by atoms with E-state index in [4.69, 9.17) is 0 Å². The van der Waals surface area contributed by atoms with E-state index in [0.717, 1.165) is 0 Å². The number of nitrogens with zero attached hydrogens (tertiary/aromatic N) is 1. The molecule has 0 aromatic carbocycles. The van der Waals surface area contributed by atoms with Crippen LogP contribution in [0.1, 0.15) is 5.69 Å². The van der Waals surface area contributed by atoms with Crippen LogP contribution in [-0.2, 0) is 16.1 Å². The molecule has 0 saturated heterocycles. The molecule has 8 heteroatoms. The van der Waals surface area contributed by atoms with Gasteiger partial charge in [0.2, 0.25) is 5.91 Å². The highest BCUT2D eigenvalue weighted by molar-refractivity contribution is 5.87.